The number of alkyl halides is 3. The normalized spacial score (nSPS) is 50.4. The second-order valence-electron chi connectivity index (χ2n) is 12.4. The van der Waals surface area contributed by atoms with E-state index in [2.05, 4.69) is 13.8 Å². The minimum Gasteiger partial charge on any atom is -0.171 e. The highest BCUT2D eigenvalue weighted by atomic mass is 19.4. The first kappa shape index (κ1) is 20.7. The maximum Gasteiger partial charge on any atom is 0.391 e. The average molecular weight is 411 g/mol. The van der Waals surface area contributed by atoms with Crippen LogP contribution in [0.1, 0.15) is 104 Å². The summed E-state index contributed by atoms with van der Waals surface area (Å²) in [5.74, 6) is 3.56. The van der Waals surface area contributed by atoms with E-state index in [-0.39, 0.29) is 5.41 Å². The van der Waals surface area contributed by atoms with Crippen molar-refractivity contribution in [2.75, 3.05) is 0 Å². The molecule has 0 aliphatic heterocycles. The largest absolute Gasteiger partial charge is 0.391 e. The summed E-state index contributed by atoms with van der Waals surface area (Å²) in [6.45, 7) is 5.01. The van der Waals surface area contributed by atoms with Gasteiger partial charge in [0.2, 0.25) is 0 Å². The molecule has 29 heavy (non-hydrogen) atoms. The summed E-state index contributed by atoms with van der Waals surface area (Å²) in [5.41, 5.74) is 0.702. The second-order valence-corrected chi connectivity index (χ2v) is 12.4. The van der Waals surface area contributed by atoms with Crippen LogP contribution in [0.15, 0.2) is 0 Å². The zero-order valence-electron chi connectivity index (χ0n) is 18.6. The Kier molecular flexibility index (Phi) is 5.10. The van der Waals surface area contributed by atoms with Gasteiger partial charge in [0.1, 0.15) is 0 Å². The predicted molar refractivity (Wildman–Crippen MR) is 111 cm³/mol. The molecule has 3 heteroatoms. The van der Waals surface area contributed by atoms with Crippen molar-refractivity contribution in [2.24, 2.45) is 52.3 Å². The van der Waals surface area contributed by atoms with Crippen molar-refractivity contribution in [2.45, 2.75) is 110 Å². The van der Waals surface area contributed by atoms with E-state index in [1.807, 2.05) is 0 Å². The first-order valence-electron chi connectivity index (χ1n) is 12.8. The van der Waals surface area contributed by atoms with E-state index in [9.17, 15) is 13.2 Å². The first-order valence-corrected chi connectivity index (χ1v) is 12.8. The highest BCUT2D eigenvalue weighted by molar-refractivity contribution is 5.09. The fourth-order valence-corrected chi connectivity index (χ4v) is 9.36. The van der Waals surface area contributed by atoms with E-state index in [0.29, 0.717) is 30.1 Å². The molecular weight excluding hydrogens is 369 g/mol. The van der Waals surface area contributed by atoms with Gasteiger partial charge in [0.05, 0.1) is 5.92 Å². The van der Waals surface area contributed by atoms with Gasteiger partial charge in [-0.2, -0.15) is 13.2 Å². The molecule has 8 atom stereocenters. The summed E-state index contributed by atoms with van der Waals surface area (Å²) in [4.78, 5) is 0. The summed E-state index contributed by atoms with van der Waals surface area (Å²) in [6.07, 6.45) is 12.7. The Labute approximate surface area is 175 Å². The van der Waals surface area contributed by atoms with Crippen molar-refractivity contribution in [1.29, 1.82) is 0 Å². The topological polar surface area (TPSA) is 0 Å². The molecule has 5 saturated carbocycles. The van der Waals surface area contributed by atoms with Crippen LogP contribution < -0.4 is 0 Å². The standard InChI is InChI=1S/C26H41F3/c1-24-15-13-23-21(22(24)11-9-18(24)7-6-17-4-3-5-17)10-8-19-16-20(26(27,28)29)12-14-25(19,23)2/h17-23H,3-16H2,1-2H3. The van der Waals surface area contributed by atoms with Gasteiger partial charge in [-0.25, -0.2) is 0 Å². The fourth-order valence-electron chi connectivity index (χ4n) is 9.36. The third kappa shape index (κ3) is 3.30. The number of halogens is 3. The van der Waals surface area contributed by atoms with Crippen LogP contribution in [0.5, 0.6) is 0 Å². The van der Waals surface area contributed by atoms with Gasteiger partial charge < -0.3 is 0 Å². The van der Waals surface area contributed by atoms with Crippen LogP contribution >= 0.6 is 0 Å². The molecule has 0 heterocycles. The van der Waals surface area contributed by atoms with Gasteiger partial charge in [-0.15, -0.1) is 0 Å². The smallest absolute Gasteiger partial charge is 0.171 e. The highest BCUT2D eigenvalue weighted by Crippen LogP contribution is 2.68. The maximum atomic E-state index is 13.4. The van der Waals surface area contributed by atoms with Crippen molar-refractivity contribution in [3.63, 3.8) is 0 Å². The minimum atomic E-state index is -3.98. The van der Waals surface area contributed by atoms with Crippen molar-refractivity contribution in [3.05, 3.63) is 0 Å². The van der Waals surface area contributed by atoms with Crippen molar-refractivity contribution in [3.8, 4) is 0 Å². The molecule has 0 nitrogen and oxygen atoms in total. The molecule has 0 aromatic heterocycles. The Bertz CT molecular complexity index is 608. The Morgan fingerprint density at radius 2 is 1.48 bits per heavy atom. The van der Waals surface area contributed by atoms with Crippen LogP contribution in [-0.4, -0.2) is 6.18 Å². The van der Waals surface area contributed by atoms with E-state index in [0.717, 1.165) is 36.5 Å². The highest BCUT2D eigenvalue weighted by Gasteiger charge is 2.61. The van der Waals surface area contributed by atoms with Crippen LogP contribution in [-0.2, 0) is 0 Å². The molecule has 0 N–H and O–H groups in total. The summed E-state index contributed by atoms with van der Waals surface area (Å²) < 4.78 is 40.2. The Balaban J connectivity index is 1.29. The van der Waals surface area contributed by atoms with E-state index in [4.69, 9.17) is 0 Å². The van der Waals surface area contributed by atoms with Gasteiger partial charge in [-0.05, 0) is 111 Å². The molecule has 8 unspecified atom stereocenters. The summed E-state index contributed by atoms with van der Waals surface area (Å²) in [5, 5.41) is 0. The van der Waals surface area contributed by atoms with Crippen LogP contribution in [0.2, 0.25) is 0 Å². The van der Waals surface area contributed by atoms with Gasteiger partial charge in [-0.1, -0.05) is 39.5 Å². The minimum absolute atomic E-state index is 0.177. The van der Waals surface area contributed by atoms with Gasteiger partial charge >= 0.3 is 6.18 Å². The van der Waals surface area contributed by atoms with Crippen LogP contribution in [0.25, 0.3) is 0 Å². The lowest BCUT2D eigenvalue weighted by Crippen LogP contribution is -2.54. The molecule has 0 aromatic rings. The third-order valence-corrected chi connectivity index (χ3v) is 11.5. The van der Waals surface area contributed by atoms with Gasteiger partial charge in [0.25, 0.3) is 0 Å². The first-order chi connectivity index (χ1) is 13.7. The van der Waals surface area contributed by atoms with E-state index >= 15 is 0 Å². The lowest BCUT2D eigenvalue weighted by molar-refractivity contribution is -0.208. The molecule has 0 amide bonds. The molecule has 0 radical (unpaired) electrons. The number of rotatable bonds is 3. The number of hydrogen-bond donors (Lipinski definition) is 0. The summed E-state index contributed by atoms with van der Waals surface area (Å²) >= 11 is 0. The summed E-state index contributed by atoms with van der Waals surface area (Å²) in [6, 6.07) is 0. The van der Waals surface area contributed by atoms with Crippen LogP contribution in [0.4, 0.5) is 13.2 Å². The third-order valence-electron chi connectivity index (χ3n) is 11.5. The molecule has 5 aliphatic carbocycles. The van der Waals surface area contributed by atoms with Crippen molar-refractivity contribution < 1.29 is 13.2 Å². The lowest BCUT2D eigenvalue weighted by Gasteiger charge is -2.61. The molecule has 5 aliphatic rings. The van der Waals surface area contributed by atoms with Crippen molar-refractivity contribution >= 4 is 0 Å². The SMILES string of the molecule is CC12CCC3C(CCC4CC(C(F)(F)F)CCC43C)C1CCC2CCC1CCC1. The van der Waals surface area contributed by atoms with Crippen LogP contribution in [0, 0.1) is 52.3 Å². The van der Waals surface area contributed by atoms with E-state index in [1.165, 1.54) is 64.2 Å². The zero-order valence-corrected chi connectivity index (χ0v) is 18.6. The Hall–Kier alpha value is -0.210. The summed E-state index contributed by atoms with van der Waals surface area (Å²) in [7, 11) is 0. The van der Waals surface area contributed by atoms with E-state index < -0.39 is 12.1 Å². The number of hydrogen-bond acceptors (Lipinski definition) is 0. The van der Waals surface area contributed by atoms with Crippen LogP contribution in [0.3, 0.4) is 0 Å². The molecule has 5 rings (SSSR count). The van der Waals surface area contributed by atoms with Gasteiger partial charge in [0, 0.05) is 0 Å². The number of fused-ring (bicyclic) bond motifs is 5. The lowest BCUT2D eigenvalue weighted by atomic mass is 9.44. The fraction of sp³-hybridized carbons (Fsp3) is 1.00. The Morgan fingerprint density at radius 3 is 2.17 bits per heavy atom. The Morgan fingerprint density at radius 1 is 0.759 bits per heavy atom. The van der Waals surface area contributed by atoms with Gasteiger partial charge in [-0.3, -0.25) is 0 Å². The molecule has 0 aromatic carbocycles. The second kappa shape index (κ2) is 7.16. The van der Waals surface area contributed by atoms with E-state index in [1.54, 1.807) is 0 Å². The zero-order chi connectivity index (χ0) is 20.4. The van der Waals surface area contributed by atoms with Gasteiger partial charge in [0.15, 0.2) is 0 Å². The average Bonchev–Trinajstić information content (AvgIpc) is 2.95. The quantitative estimate of drug-likeness (QED) is 0.438. The monoisotopic (exact) mass is 410 g/mol. The predicted octanol–water partition coefficient (Wildman–Crippen LogP) is 8.40. The molecule has 0 bridgehead atoms. The molecule has 166 valence electrons. The molecule has 5 fully saturated rings. The molecule has 0 saturated heterocycles. The molecule has 0 spiro atoms. The van der Waals surface area contributed by atoms with Crippen molar-refractivity contribution in [1.82, 2.24) is 0 Å². The maximum absolute atomic E-state index is 13.4. The molecular formula is C26H41F3.